The summed E-state index contributed by atoms with van der Waals surface area (Å²) in [4.78, 5) is 44.7. The van der Waals surface area contributed by atoms with E-state index >= 15 is 0 Å². The summed E-state index contributed by atoms with van der Waals surface area (Å²) in [5, 5.41) is 6.32. The highest BCUT2D eigenvalue weighted by molar-refractivity contribution is 6.30. The van der Waals surface area contributed by atoms with Crippen LogP contribution in [0.1, 0.15) is 6.42 Å². The summed E-state index contributed by atoms with van der Waals surface area (Å²) in [6.07, 6.45) is -0.121. The molecule has 40 heavy (non-hydrogen) atoms. The van der Waals surface area contributed by atoms with Crippen LogP contribution >= 0.6 is 11.6 Å². The first kappa shape index (κ1) is 27.5. The lowest BCUT2D eigenvalue weighted by Crippen LogP contribution is -2.60. The number of ether oxygens (including phenoxy) is 1. The van der Waals surface area contributed by atoms with Gasteiger partial charge in [0.05, 0.1) is 13.0 Å². The predicted octanol–water partition coefficient (Wildman–Crippen LogP) is 3.61. The Bertz CT molecular complexity index is 1310. The van der Waals surface area contributed by atoms with Gasteiger partial charge in [0.25, 0.3) is 0 Å². The molecule has 3 aromatic carbocycles. The quantitative estimate of drug-likeness (QED) is 0.436. The van der Waals surface area contributed by atoms with E-state index in [4.69, 9.17) is 16.3 Å². The van der Waals surface area contributed by atoms with Crippen LogP contribution in [0.3, 0.4) is 0 Å². The summed E-state index contributed by atoms with van der Waals surface area (Å²) in [6, 6.07) is 23.3. The van der Waals surface area contributed by atoms with Crippen LogP contribution in [0.4, 0.5) is 11.4 Å². The number of hydrogen-bond donors (Lipinski definition) is 2. The molecule has 0 unspecified atom stereocenters. The molecule has 0 saturated carbocycles. The van der Waals surface area contributed by atoms with Gasteiger partial charge in [-0.15, -0.1) is 0 Å². The Kier molecular flexibility index (Phi) is 8.83. The molecule has 0 aromatic heterocycles. The maximum Gasteiger partial charge on any atom is 0.243 e. The van der Waals surface area contributed by atoms with Crippen molar-refractivity contribution in [3.8, 4) is 11.5 Å². The van der Waals surface area contributed by atoms with Crippen molar-refractivity contribution < 1.29 is 19.1 Å². The minimum Gasteiger partial charge on any atom is -0.457 e. The number of carbonyl (C=O) groups is 3. The molecule has 1 atom stereocenters. The van der Waals surface area contributed by atoms with Gasteiger partial charge in [-0.1, -0.05) is 29.8 Å². The van der Waals surface area contributed by atoms with Crippen LogP contribution in [0.2, 0.25) is 5.02 Å². The van der Waals surface area contributed by atoms with E-state index in [2.05, 4.69) is 20.4 Å². The van der Waals surface area contributed by atoms with Crippen molar-refractivity contribution in [2.45, 2.75) is 12.5 Å². The molecular formula is C30H32ClN5O4. The minimum atomic E-state index is -0.850. The lowest BCUT2D eigenvalue weighted by molar-refractivity contribution is -0.145. The van der Waals surface area contributed by atoms with E-state index in [0.717, 1.165) is 37.6 Å². The molecule has 2 fully saturated rings. The number of benzene rings is 3. The van der Waals surface area contributed by atoms with Gasteiger partial charge in [0.15, 0.2) is 0 Å². The summed E-state index contributed by atoms with van der Waals surface area (Å²) < 4.78 is 5.79. The van der Waals surface area contributed by atoms with Crippen LogP contribution in [0.5, 0.6) is 11.5 Å². The maximum atomic E-state index is 13.3. The molecule has 0 radical (unpaired) electrons. The highest BCUT2D eigenvalue weighted by Crippen LogP contribution is 2.23. The van der Waals surface area contributed by atoms with Crippen molar-refractivity contribution in [3.05, 3.63) is 83.9 Å². The molecule has 3 aromatic rings. The van der Waals surface area contributed by atoms with E-state index in [1.54, 1.807) is 29.2 Å². The standard InChI is InChI=1S/C30H32ClN5O4/c31-22-6-10-24(11-7-22)35-18-16-34(17-19-35)21-29(38)36-15-14-32-30(39)27(36)20-28(37)33-23-8-12-26(13-9-23)40-25-4-2-1-3-5-25/h1-13,27H,14-21H2,(H,32,39)(H,33,37)/t27-/m1/s1. The number of nitrogens with zero attached hydrogens (tertiary/aromatic N) is 3. The molecule has 2 saturated heterocycles. The van der Waals surface area contributed by atoms with Crippen LogP contribution < -0.4 is 20.3 Å². The van der Waals surface area contributed by atoms with E-state index in [1.165, 1.54) is 0 Å². The maximum absolute atomic E-state index is 13.3. The Morgan fingerprint density at radius 1 is 0.875 bits per heavy atom. The van der Waals surface area contributed by atoms with Crippen LogP contribution in [0.15, 0.2) is 78.9 Å². The van der Waals surface area contributed by atoms with Gasteiger partial charge in [0.1, 0.15) is 17.5 Å². The van der Waals surface area contributed by atoms with E-state index in [9.17, 15) is 14.4 Å². The first-order valence-electron chi connectivity index (χ1n) is 13.4. The molecule has 2 aliphatic rings. The highest BCUT2D eigenvalue weighted by Gasteiger charge is 2.35. The molecule has 0 spiro atoms. The number of anilines is 2. The summed E-state index contributed by atoms with van der Waals surface area (Å²) in [5.41, 5.74) is 1.69. The van der Waals surface area contributed by atoms with Crippen LogP contribution in [-0.2, 0) is 14.4 Å². The molecule has 5 rings (SSSR count). The Balaban J connectivity index is 1.13. The van der Waals surface area contributed by atoms with Crippen molar-refractivity contribution in [3.63, 3.8) is 0 Å². The number of piperazine rings is 2. The number of para-hydroxylation sites is 1. The normalized spacial score (nSPS) is 17.7. The average Bonchev–Trinajstić information content (AvgIpc) is 2.96. The Morgan fingerprint density at radius 3 is 2.25 bits per heavy atom. The molecule has 2 N–H and O–H groups in total. The van der Waals surface area contributed by atoms with Crippen molar-refractivity contribution in [2.24, 2.45) is 0 Å². The number of halogens is 1. The van der Waals surface area contributed by atoms with Crippen molar-refractivity contribution in [1.82, 2.24) is 15.1 Å². The molecule has 0 bridgehead atoms. The fraction of sp³-hybridized carbons (Fsp3) is 0.300. The minimum absolute atomic E-state index is 0.121. The van der Waals surface area contributed by atoms with E-state index in [1.807, 2.05) is 54.6 Å². The van der Waals surface area contributed by atoms with Crippen molar-refractivity contribution in [2.75, 3.05) is 56.0 Å². The summed E-state index contributed by atoms with van der Waals surface area (Å²) >= 11 is 6.00. The third kappa shape index (κ3) is 7.11. The first-order valence-corrected chi connectivity index (χ1v) is 13.8. The topological polar surface area (TPSA) is 94.2 Å². The number of carbonyl (C=O) groups excluding carboxylic acids is 3. The molecule has 2 heterocycles. The van der Waals surface area contributed by atoms with Gasteiger partial charge in [-0.2, -0.15) is 0 Å². The zero-order valence-electron chi connectivity index (χ0n) is 22.1. The zero-order chi connectivity index (χ0) is 27.9. The SMILES string of the molecule is O=C(C[C@@H]1C(=O)NCCN1C(=O)CN1CCN(c2ccc(Cl)cc2)CC1)Nc1ccc(Oc2ccccc2)cc1. The van der Waals surface area contributed by atoms with Gasteiger partial charge in [0, 0.05) is 55.7 Å². The number of amides is 3. The molecule has 10 heteroatoms. The third-order valence-corrected chi connectivity index (χ3v) is 7.32. The van der Waals surface area contributed by atoms with E-state index in [0.29, 0.717) is 29.5 Å². The van der Waals surface area contributed by atoms with Crippen LogP contribution in [0.25, 0.3) is 0 Å². The Hall–Kier alpha value is -4.08. The number of nitrogens with one attached hydrogen (secondary N) is 2. The van der Waals surface area contributed by atoms with Crippen LogP contribution in [-0.4, -0.2) is 79.4 Å². The third-order valence-electron chi connectivity index (χ3n) is 7.07. The second-order valence-electron chi connectivity index (χ2n) is 9.83. The fourth-order valence-electron chi connectivity index (χ4n) is 4.93. The van der Waals surface area contributed by atoms with Crippen LogP contribution in [0, 0.1) is 0 Å². The van der Waals surface area contributed by atoms with Gasteiger partial charge in [-0.05, 0) is 60.7 Å². The molecular weight excluding hydrogens is 530 g/mol. The summed E-state index contributed by atoms with van der Waals surface area (Å²) in [5.74, 6) is 0.564. The molecule has 208 valence electrons. The Labute approximate surface area is 238 Å². The fourth-order valence-corrected chi connectivity index (χ4v) is 5.06. The summed E-state index contributed by atoms with van der Waals surface area (Å²) in [6.45, 7) is 3.98. The molecule has 0 aliphatic carbocycles. The predicted molar refractivity (Wildman–Crippen MR) is 155 cm³/mol. The second-order valence-corrected chi connectivity index (χ2v) is 10.3. The van der Waals surface area contributed by atoms with Crippen molar-refractivity contribution >= 4 is 40.7 Å². The van der Waals surface area contributed by atoms with Gasteiger partial charge < -0.3 is 25.2 Å². The molecule has 3 amide bonds. The molecule has 9 nitrogen and oxygen atoms in total. The lowest BCUT2D eigenvalue weighted by Gasteiger charge is -2.39. The largest absolute Gasteiger partial charge is 0.457 e. The second kappa shape index (κ2) is 12.8. The molecule has 2 aliphatic heterocycles. The first-order chi connectivity index (χ1) is 19.4. The van der Waals surface area contributed by atoms with Gasteiger partial charge >= 0.3 is 0 Å². The van der Waals surface area contributed by atoms with E-state index < -0.39 is 6.04 Å². The van der Waals surface area contributed by atoms with Gasteiger partial charge in [-0.3, -0.25) is 19.3 Å². The Morgan fingerprint density at radius 2 is 1.55 bits per heavy atom. The highest BCUT2D eigenvalue weighted by atomic mass is 35.5. The number of rotatable bonds is 8. The monoisotopic (exact) mass is 561 g/mol. The van der Waals surface area contributed by atoms with Crippen molar-refractivity contribution in [1.29, 1.82) is 0 Å². The van der Waals surface area contributed by atoms with E-state index in [-0.39, 0.29) is 30.7 Å². The summed E-state index contributed by atoms with van der Waals surface area (Å²) in [7, 11) is 0. The van der Waals surface area contributed by atoms with Gasteiger partial charge in [-0.25, -0.2) is 0 Å². The lowest BCUT2D eigenvalue weighted by atomic mass is 10.1. The smallest absolute Gasteiger partial charge is 0.243 e. The number of hydrogen-bond acceptors (Lipinski definition) is 6. The zero-order valence-corrected chi connectivity index (χ0v) is 22.8. The average molecular weight is 562 g/mol. The van der Waals surface area contributed by atoms with Gasteiger partial charge in [0.2, 0.25) is 17.7 Å².